The van der Waals surface area contributed by atoms with Gasteiger partial charge in [0, 0.05) is 6.54 Å². The van der Waals surface area contributed by atoms with E-state index < -0.39 is 0 Å². The Hall–Kier alpha value is -2.04. The number of rotatable bonds is 6. The van der Waals surface area contributed by atoms with Crippen molar-refractivity contribution < 1.29 is 4.84 Å². The molecule has 0 amide bonds. The van der Waals surface area contributed by atoms with Crippen molar-refractivity contribution in [3.8, 4) is 0 Å². The molecule has 0 aromatic heterocycles. The van der Waals surface area contributed by atoms with Crippen LogP contribution in [0.3, 0.4) is 0 Å². The summed E-state index contributed by atoms with van der Waals surface area (Å²) in [6.07, 6.45) is 2.05. The van der Waals surface area contributed by atoms with Crippen molar-refractivity contribution >= 4 is 23.0 Å². The first-order chi connectivity index (χ1) is 12.7. The molecule has 5 heteroatoms. The van der Waals surface area contributed by atoms with Crippen LogP contribution in [-0.4, -0.2) is 25.4 Å². The summed E-state index contributed by atoms with van der Waals surface area (Å²) >= 11 is 6.48. The second kappa shape index (κ2) is 9.06. The van der Waals surface area contributed by atoms with Crippen LogP contribution in [0.15, 0.2) is 41.6 Å². The van der Waals surface area contributed by atoms with Crippen molar-refractivity contribution in [2.45, 2.75) is 33.2 Å². The van der Waals surface area contributed by atoms with Crippen LogP contribution >= 0.6 is 11.6 Å². The third-order valence-corrected chi connectivity index (χ3v) is 4.97. The Morgan fingerprint density at radius 1 is 1.15 bits per heavy atom. The number of nitrogens with one attached hydrogen (secondary N) is 2. The molecule has 4 nitrogen and oxygen atoms in total. The van der Waals surface area contributed by atoms with Crippen molar-refractivity contribution in [1.82, 2.24) is 5.32 Å². The van der Waals surface area contributed by atoms with Gasteiger partial charge in [-0.2, -0.15) is 0 Å². The number of hydrogen-bond acceptors (Lipinski definition) is 4. The molecule has 0 aliphatic carbocycles. The minimum atomic E-state index is 0.580. The van der Waals surface area contributed by atoms with E-state index in [0.717, 1.165) is 54.5 Å². The van der Waals surface area contributed by atoms with E-state index in [1.54, 1.807) is 0 Å². The van der Waals surface area contributed by atoms with E-state index in [-0.39, 0.29) is 0 Å². The predicted octanol–water partition coefficient (Wildman–Crippen LogP) is 4.40. The van der Waals surface area contributed by atoms with Gasteiger partial charge in [0.25, 0.3) is 0 Å². The maximum Gasteiger partial charge on any atom is 0.114 e. The lowest BCUT2D eigenvalue weighted by molar-refractivity contribution is 0.159. The minimum absolute atomic E-state index is 0.580. The number of halogens is 1. The van der Waals surface area contributed by atoms with Crippen LogP contribution in [0.4, 0.5) is 5.69 Å². The number of fused-ring (bicyclic) bond motifs is 1. The SMILES string of the molecule is CCO/N=C(/C)c1ccc(CNc2c(Cl)ccc3c2CCNCC3)cc1. The summed E-state index contributed by atoms with van der Waals surface area (Å²) in [5.74, 6) is 0. The fourth-order valence-electron chi connectivity index (χ4n) is 3.20. The molecular weight excluding hydrogens is 346 g/mol. The van der Waals surface area contributed by atoms with Gasteiger partial charge in [0.1, 0.15) is 6.61 Å². The van der Waals surface area contributed by atoms with Crippen LogP contribution in [0.2, 0.25) is 5.02 Å². The Bertz CT molecular complexity index is 772. The third kappa shape index (κ3) is 4.57. The summed E-state index contributed by atoms with van der Waals surface area (Å²) in [6, 6.07) is 12.5. The van der Waals surface area contributed by atoms with Crippen molar-refractivity contribution in [2.75, 3.05) is 25.0 Å². The zero-order chi connectivity index (χ0) is 18.4. The first kappa shape index (κ1) is 18.7. The maximum absolute atomic E-state index is 6.48. The first-order valence-corrected chi connectivity index (χ1v) is 9.57. The van der Waals surface area contributed by atoms with E-state index in [1.165, 1.54) is 16.7 Å². The summed E-state index contributed by atoms with van der Waals surface area (Å²) in [5, 5.41) is 11.9. The Morgan fingerprint density at radius 2 is 1.92 bits per heavy atom. The van der Waals surface area contributed by atoms with E-state index >= 15 is 0 Å². The second-order valence-electron chi connectivity index (χ2n) is 6.46. The average Bonchev–Trinajstić information content (AvgIpc) is 2.91. The fraction of sp³-hybridized carbons (Fsp3) is 0.381. The van der Waals surface area contributed by atoms with E-state index in [4.69, 9.17) is 16.4 Å². The highest BCUT2D eigenvalue weighted by Crippen LogP contribution is 2.31. The Balaban J connectivity index is 1.71. The summed E-state index contributed by atoms with van der Waals surface area (Å²) in [7, 11) is 0. The fourth-order valence-corrected chi connectivity index (χ4v) is 3.45. The van der Waals surface area contributed by atoms with Crippen LogP contribution in [0.5, 0.6) is 0 Å². The second-order valence-corrected chi connectivity index (χ2v) is 6.86. The number of benzene rings is 2. The monoisotopic (exact) mass is 371 g/mol. The molecule has 1 heterocycles. The van der Waals surface area contributed by atoms with Gasteiger partial charge in [0.05, 0.1) is 16.4 Å². The molecule has 1 aliphatic heterocycles. The molecule has 2 N–H and O–H groups in total. The van der Waals surface area contributed by atoms with Crippen LogP contribution in [0.25, 0.3) is 0 Å². The highest BCUT2D eigenvalue weighted by molar-refractivity contribution is 6.33. The highest BCUT2D eigenvalue weighted by Gasteiger charge is 2.14. The summed E-state index contributed by atoms with van der Waals surface area (Å²) in [6.45, 7) is 7.23. The first-order valence-electron chi connectivity index (χ1n) is 9.19. The molecule has 2 aromatic rings. The van der Waals surface area contributed by atoms with Gasteiger partial charge in [-0.1, -0.05) is 47.1 Å². The highest BCUT2D eigenvalue weighted by atomic mass is 35.5. The Morgan fingerprint density at radius 3 is 2.69 bits per heavy atom. The van der Waals surface area contributed by atoms with Crippen LogP contribution in [0.1, 0.15) is 36.1 Å². The number of hydrogen-bond donors (Lipinski definition) is 2. The Kier molecular flexibility index (Phi) is 6.53. The van der Waals surface area contributed by atoms with Gasteiger partial charge >= 0.3 is 0 Å². The van der Waals surface area contributed by atoms with Gasteiger partial charge in [0.2, 0.25) is 0 Å². The predicted molar refractivity (Wildman–Crippen MR) is 109 cm³/mol. The Labute approximate surface area is 160 Å². The third-order valence-electron chi connectivity index (χ3n) is 4.65. The van der Waals surface area contributed by atoms with Crippen LogP contribution < -0.4 is 10.6 Å². The van der Waals surface area contributed by atoms with E-state index in [9.17, 15) is 0 Å². The molecule has 3 rings (SSSR count). The molecule has 0 saturated heterocycles. The molecular formula is C21H26ClN3O. The number of oxime groups is 1. The summed E-state index contributed by atoms with van der Waals surface area (Å²) in [4.78, 5) is 5.12. The molecule has 0 unspecified atom stereocenters. The molecule has 26 heavy (non-hydrogen) atoms. The lowest BCUT2D eigenvalue weighted by Gasteiger charge is -2.16. The summed E-state index contributed by atoms with van der Waals surface area (Å²) < 4.78 is 0. The van der Waals surface area contributed by atoms with Crippen molar-refractivity contribution in [1.29, 1.82) is 0 Å². The average molecular weight is 372 g/mol. The maximum atomic E-state index is 6.48. The van der Waals surface area contributed by atoms with Gasteiger partial charge in [-0.15, -0.1) is 0 Å². The molecule has 0 radical (unpaired) electrons. The minimum Gasteiger partial charge on any atom is -0.396 e. The molecule has 0 spiro atoms. The quantitative estimate of drug-likeness (QED) is 0.584. The van der Waals surface area contributed by atoms with Gasteiger partial charge in [0.15, 0.2) is 0 Å². The molecule has 0 fully saturated rings. The lowest BCUT2D eigenvalue weighted by atomic mass is 10.0. The molecule has 1 aliphatic rings. The topological polar surface area (TPSA) is 45.6 Å². The zero-order valence-electron chi connectivity index (χ0n) is 15.4. The van der Waals surface area contributed by atoms with E-state index in [1.807, 2.05) is 19.9 Å². The standard InChI is InChI=1S/C21H26ClN3O/c1-3-26-25-15(2)17-6-4-16(5-7-17)14-24-21-19-11-13-23-12-10-18(19)8-9-20(21)22/h4-9,23-24H,3,10-14H2,1-2H3/b25-15-. The van der Waals surface area contributed by atoms with E-state index in [2.05, 4.69) is 46.1 Å². The molecule has 138 valence electrons. The molecule has 2 aromatic carbocycles. The molecule has 0 saturated carbocycles. The smallest absolute Gasteiger partial charge is 0.114 e. The van der Waals surface area contributed by atoms with Gasteiger partial charge in [-0.3, -0.25) is 0 Å². The van der Waals surface area contributed by atoms with Crippen LogP contribution in [0, 0.1) is 0 Å². The molecule has 0 bridgehead atoms. The van der Waals surface area contributed by atoms with Crippen LogP contribution in [-0.2, 0) is 24.2 Å². The molecule has 0 atom stereocenters. The zero-order valence-corrected chi connectivity index (χ0v) is 16.2. The van der Waals surface area contributed by atoms with E-state index in [0.29, 0.717) is 6.61 Å². The number of anilines is 1. The largest absolute Gasteiger partial charge is 0.396 e. The summed E-state index contributed by atoms with van der Waals surface area (Å²) in [5.41, 5.74) is 6.97. The van der Waals surface area contributed by atoms with Crippen molar-refractivity contribution in [3.63, 3.8) is 0 Å². The number of nitrogens with zero attached hydrogens (tertiary/aromatic N) is 1. The van der Waals surface area contributed by atoms with Gasteiger partial charge < -0.3 is 15.5 Å². The van der Waals surface area contributed by atoms with Gasteiger partial charge in [-0.25, -0.2) is 0 Å². The lowest BCUT2D eigenvalue weighted by Crippen LogP contribution is -2.16. The van der Waals surface area contributed by atoms with Crippen molar-refractivity contribution in [2.24, 2.45) is 5.16 Å². The van der Waals surface area contributed by atoms with Gasteiger partial charge in [-0.05, 0) is 68.1 Å². The van der Waals surface area contributed by atoms with Crippen molar-refractivity contribution in [3.05, 3.63) is 63.7 Å². The normalized spacial score (nSPS) is 14.5.